The minimum Gasteiger partial charge on any atom is -0.487 e. The van der Waals surface area contributed by atoms with Gasteiger partial charge in [-0.15, -0.1) is 0 Å². The number of anilines is 1. The summed E-state index contributed by atoms with van der Waals surface area (Å²) in [6.07, 6.45) is 1.00. The van der Waals surface area contributed by atoms with Crippen LogP contribution >= 0.6 is 0 Å². The van der Waals surface area contributed by atoms with Gasteiger partial charge in [0, 0.05) is 24.7 Å². The van der Waals surface area contributed by atoms with Crippen LogP contribution < -0.4 is 10.1 Å². The normalized spacial score (nSPS) is 10.3. The molecule has 1 N–H and O–H groups in total. The molecular formula is C15H16F2N2O. The van der Waals surface area contributed by atoms with Crippen molar-refractivity contribution in [3.63, 3.8) is 0 Å². The van der Waals surface area contributed by atoms with Gasteiger partial charge in [-0.25, -0.2) is 13.8 Å². The Labute approximate surface area is 116 Å². The largest absolute Gasteiger partial charge is 0.487 e. The van der Waals surface area contributed by atoms with Crippen molar-refractivity contribution >= 4 is 5.82 Å². The molecule has 1 aromatic heterocycles. The molecule has 1 heterocycles. The molecule has 0 fully saturated rings. The standard InChI is InChI=1S/C15H16F2N2O/c1-2-6-18-15-5-3-4-13(19-15)10-20-14-8-11(16)7-12(17)9-14/h3-5,7-9H,2,6,10H2,1H3,(H,18,19). The van der Waals surface area contributed by atoms with Crippen LogP contribution in [0.4, 0.5) is 14.6 Å². The zero-order valence-corrected chi connectivity index (χ0v) is 11.2. The maximum Gasteiger partial charge on any atom is 0.130 e. The number of nitrogens with zero attached hydrogens (tertiary/aromatic N) is 1. The predicted octanol–water partition coefficient (Wildman–Crippen LogP) is 3.76. The van der Waals surface area contributed by atoms with Crippen molar-refractivity contribution in [3.8, 4) is 5.75 Å². The van der Waals surface area contributed by atoms with Gasteiger partial charge in [-0.1, -0.05) is 13.0 Å². The van der Waals surface area contributed by atoms with Crippen LogP contribution in [0, 0.1) is 11.6 Å². The Hall–Kier alpha value is -2.17. The monoisotopic (exact) mass is 278 g/mol. The van der Waals surface area contributed by atoms with Crippen molar-refractivity contribution in [1.29, 1.82) is 0 Å². The van der Waals surface area contributed by atoms with Crippen molar-refractivity contribution in [3.05, 3.63) is 53.7 Å². The lowest BCUT2D eigenvalue weighted by Gasteiger charge is -2.08. The molecule has 0 atom stereocenters. The second-order valence-corrected chi connectivity index (χ2v) is 4.33. The topological polar surface area (TPSA) is 34.1 Å². The average Bonchev–Trinajstić information content (AvgIpc) is 2.42. The lowest BCUT2D eigenvalue weighted by molar-refractivity contribution is 0.298. The van der Waals surface area contributed by atoms with E-state index in [0.29, 0.717) is 5.69 Å². The Kier molecular flexibility index (Phi) is 4.87. The van der Waals surface area contributed by atoms with Gasteiger partial charge >= 0.3 is 0 Å². The van der Waals surface area contributed by atoms with Crippen molar-refractivity contribution in [2.45, 2.75) is 20.0 Å². The maximum atomic E-state index is 13.0. The van der Waals surface area contributed by atoms with Gasteiger partial charge in [0.1, 0.15) is 29.8 Å². The Balaban J connectivity index is 1.99. The number of aromatic nitrogens is 1. The molecule has 2 rings (SSSR count). The molecule has 5 heteroatoms. The number of pyridine rings is 1. The smallest absolute Gasteiger partial charge is 0.130 e. The van der Waals surface area contributed by atoms with E-state index in [2.05, 4.69) is 17.2 Å². The Morgan fingerprint density at radius 1 is 1.15 bits per heavy atom. The highest BCUT2D eigenvalue weighted by Crippen LogP contribution is 2.17. The number of hydrogen-bond donors (Lipinski definition) is 1. The molecule has 0 saturated carbocycles. The third kappa shape index (κ3) is 4.19. The Bertz CT molecular complexity index is 555. The number of hydrogen-bond acceptors (Lipinski definition) is 3. The molecule has 0 aliphatic rings. The summed E-state index contributed by atoms with van der Waals surface area (Å²) in [7, 11) is 0. The number of halogens is 2. The second kappa shape index (κ2) is 6.84. The third-order valence-corrected chi connectivity index (χ3v) is 2.59. The van der Waals surface area contributed by atoms with Gasteiger partial charge in [-0.2, -0.15) is 0 Å². The summed E-state index contributed by atoms with van der Waals surface area (Å²) in [6.45, 7) is 3.06. The number of nitrogens with one attached hydrogen (secondary N) is 1. The zero-order valence-electron chi connectivity index (χ0n) is 11.2. The summed E-state index contributed by atoms with van der Waals surface area (Å²) >= 11 is 0. The molecule has 106 valence electrons. The van der Waals surface area contributed by atoms with Crippen LogP contribution in [-0.2, 0) is 6.61 Å². The average molecular weight is 278 g/mol. The van der Waals surface area contributed by atoms with E-state index in [9.17, 15) is 8.78 Å². The zero-order chi connectivity index (χ0) is 14.4. The van der Waals surface area contributed by atoms with Gasteiger partial charge in [0.2, 0.25) is 0 Å². The molecule has 0 amide bonds. The van der Waals surface area contributed by atoms with Gasteiger partial charge in [-0.05, 0) is 18.6 Å². The highest BCUT2D eigenvalue weighted by molar-refractivity contribution is 5.35. The lowest BCUT2D eigenvalue weighted by Crippen LogP contribution is -2.05. The molecule has 1 aromatic carbocycles. The molecule has 0 aliphatic carbocycles. The van der Waals surface area contributed by atoms with E-state index in [1.807, 2.05) is 12.1 Å². The van der Waals surface area contributed by atoms with Crippen molar-refractivity contribution in [1.82, 2.24) is 4.98 Å². The van der Waals surface area contributed by atoms with E-state index < -0.39 is 11.6 Å². The first-order valence-electron chi connectivity index (χ1n) is 6.46. The molecule has 20 heavy (non-hydrogen) atoms. The fourth-order valence-electron chi connectivity index (χ4n) is 1.68. The van der Waals surface area contributed by atoms with Gasteiger partial charge in [0.15, 0.2) is 0 Å². The number of rotatable bonds is 6. The van der Waals surface area contributed by atoms with Crippen LogP contribution in [-0.4, -0.2) is 11.5 Å². The van der Waals surface area contributed by atoms with Crippen molar-refractivity contribution in [2.75, 3.05) is 11.9 Å². The van der Waals surface area contributed by atoms with Gasteiger partial charge in [-0.3, -0.25) is 0 Å². The molecule has 0 radical (unpaired) electrons. The van der Waals surface area contributed by atoms with Gasteiger partial charge in [0.05, 0.1) is 5.69 Å². The maximum absolute atomic E-state index is 13.0. The first-order chi connectivity index (χ1) is 9.67. The molecule has 0 saturated heterocycles. The predicted molar refractivity (Wildman–Crippen MR) is 73.7 cm³/mol. The molecule has 0 aliphatic heterocycles. The molecule has 3 nitrogen and oxygen atoms in total. The molecule has 0 bridgehead atoms. The highest BCUT2D eigenvalue weighted by Gasteiger charge is 2.03. The van der Waals surface area contributed by atoms with E-state index in [1.165, 1.54) is 0 Å². The summed E-state index contributed by atoms with van der Waals surface area (Å²) in [5.74, 6) is -0.410. The van der Waals surface area contributed by atoms with Crippen LogP contribution in [0.25, 0.3) is 0 Å². The molecular weight excluding hydrogens is 262 g/mol. The summed E-state index contributed by atoms with van der Waals surface area (Å²) < 4.78 is 31.4. The van der Waals surface area contributed by atoms with E-state index >= 15 is 0 Å². The van der Waals surface area contributed by atoms with E-state index in [-0.39, 0.29) is 12.4 Å². The van der Waals surface area contributed by atoms with Crippen molar-refractivity contribution in [2.24, 2.45) is 0 Å². The van der Waals surface area contributed by atoms with Gasteiger partial charge < -0.3 is 10.1 Å². The first-order valence-corrected chi connectivity index (χ1v) is 6.46. The molecule has 0 unspecified atom stereocenters. The lowest BCUT2D eigenvalue weighted by atomic mass is 10.3. The SMILES string of the molecule is CCCNc1cccc(COc2cc(F)cc(F)c2)n1. The fraction of sp³-hybridized carbons (Fsp3) is 0.267. The van der Waals surface area contributed by atoms with Crippen LogP contribution in [0.5, 0.6) is 5.75 Å². The highest BCUT2D eigenvalue weighted by atomic mass is 19.1. The quantitative estimate of drug-likeness (QED) is 0.873. The fourth-order valence-corrected chi connectivity index (χ4v) is 1.68. The van der Waals surface area contributed by atoms with Crippen LogP contribution in [0.15, 0.2) is 36.4 Å². The Morgan fingerprint density at radius 3 is 2.60 bits per heavy atom. The Morgan fingerprint density at radius 2 is 1.90 bits per heavy atom. The third-order valence-electron chi connectivity index (χ3n) is 2.59. The van der Waals surface area contributed by atoms with Gasteiger partial charge in [0.25, 0.3) is 0 Å². The van der Waals surface area contributed by atoms with E-state index in [0.717, 1.165) is 37.0 Å². The van der Waals surface area contributed by atoms with Crippen LogP contribution in [0.1, 0.15) is 19.0 Å². The minimum atomic E-state index is -0.661. The molecule has 2 aromatic rings. The summed E-state index contributed by atoms with van der Waals surface area (Å²) in [6, 6.07) is 8.61. The van der Waals surface area contributed by atoms with Crippen LogP contribution in [0.3, 0.4) is 0 Å². The van der Waals surface area contributed by atoms with E-state index in [1.54, 1.807) is 6.07 Å². The minimum absolute atomic E-state index is 0.149. The van der Waals surface area contributed by atoms with Crippen molar-refractivity contribution < 1.29 is 13.5 Å². The second-order valence-electron chi connectivity index (χ2n) is 4.33. The summed E-state index contributed by atoms with van der Waals surface area (Å²) in [4.78, 5) is 4.35. The van der Waals surface area contributed by atoms with Crippen LogP contribution in [0.2, 0.25) is 0 Å². The summed E-state index contributed by atoms with van der Waals surface area (Å²) in [5, 5.41) is 3.16. The summed E-state index contributed by atoms with van der Waals surface area (Å²) in [5.41, 5.74) is 0.691. The van der Waals surface area contributed by atoms with E-state index in [4.69, 9.17) is 4.74 Å². The number of ether oxygens (including phenoxy) is 1. The first kappa shape index (κ1) is 14.2. The number of benzene rings is 1. The molecule has 0 spiro atoms.